The van der Waals surface area contributed by atoms with Gasteiger partial charge < -0.3 is 14.6 Å². The third kappa shape index (κ3) is 3.13. The van der Waals surface area contributed by atoms with Crippen LogP contribution in [-0.4, -0.2) is 28.2 Å². The van der Waals surface area contributed by atoms with Crippen LogP contribution in [0.3, 0.4) is 0 Å². The Labute approximate surface area is 124 Å². The Morgan fingerprint density at radius 1 is 1.43 bits per heavy atom. The fourth-order valence-electron chi connectivity index (χ4n) is 2.51. The Bertz CT molecular complexity index is 613. The molecule has 0 radical (unpaired) electrons. The lowest BCUT2D eigenvalue weighted by Crippen LogP contribution is -2.33. The van der Waals surface area contributed by atoms with Crippen molar-refractivity contribution in [3.05, 3.63) is 48.0 Å². The lowest BCUT2D eigenvalue weighted by atomic mass is 10.2. The number of hydrogen-bond donors (Lipinski definition) is 1. The fourth-order valence-corrected chi connectivity index (χ4v) is 2.51. The topological polar surface area (TPSA) is 56.2 Å². The second kappa shape index (κ2) is 6.10. The van der Waals surface area contributed by atoms with E-state index in [0.717, 1.165) is 29.9 Å². The quantitative estimate of drug-likeness (QED) is 0.934. The highest BCUT2D eigenvalue weighted by Crippen LogP contribution is 2.13. The summed E-state index contributed by atoms with van der Waals surface area (Å²) in [7, 11) is 0. The van der Waals surface area contributed by atoms with Gasteiger partial charge in [0.1, 0.15) is 11.9 Å². The highest BCUT2D eigenvalue weighted by atomic mass is 16.5. The van der Waals surface area contributed by atoms with E-state index in [1.54, 1.807) is 6.20 Å². The first-order valence-electron chi connectivity index (χ1n) is 7.22. The summed E-state index contributed by atoms with van der Waals surface area (Å²) in [5, 5.41) is 2.92. The van der Waals surface area contributed by atoms with E-state index >= 15 is 0 Å². The molecule has 0 spiro atoms. The van der Waals surface area contributed by atoms with E-state index < -0.39 is 0 Å². The van der Waals surface area contributed by atoms with Crippen LogP contribution in [0.2, 0.25) is 0 Å². The number of aromatic nitrogens is 2. The third-order valence-corrected chi connectivity index (χ3v) is 3.73. The summed E-state index contributed by atoms with van der Waals surface area (Å²) in [6, 6.07) is 8.10. The van der Waals surface area contributed by atoms with E-state index in [0.29, 0.717) is 13.2 Å². The Hall–Kier alpha value is -2.14. The largest absolute Gasteiger partial charge is 0.368 e. The molecule has 2 aromatic rings. The first-order chi connectivity index (χ1) is 10.2. The van der Waals surface area contributed by atoms with Gasteiger partial charge in [0.05, 0.1) is 0 Å². The SMILES string of the molecule is Cc1nccn1-c1ccc(CNC(=O)[C@H]2CCCO2)cc1. The lowest BCUT2D eigenvalue weighted by Gasteiger charge is -2.11. The Balaban J connectivity index is 1.60. The smallest absolute Gasteiger partial charge is 0.249 e. The van der Waals surface area contributed by atoms with Gasteiger partial charge in [0.15, 0.2) is 0 Å². The van der Waals surface area contributed by atoms with Gasteiger partial charge in [0.2, 0.25) is 5.91 Å². The molecule has 1 saturated heterocycles. The molecule has 110 valence electrons. The van der Waals surface area contributed by atoms with Crippen LogP contribution >= 0.6 is 0 Å². The van der Waals surface area contributed by atoms with Crippen molar-refractivity contribution in [2.24, 2.45) is 0 Å². The van der Waals surface area contributed by atoms with Crippen LogP contribution in [0.15, 0.2) is 36.7 Å². The van der Waals surface area contributed by atoms with E-state index in [-0.39, 0.29) is 12.0 Å². The zero-order valence-corrected chi connectivity index (χ0v) is 12.1. The standard InChI is InChI=1S/C16H19N3O2/c1-12-17-8-9-19(12)14-6-4-13(5-7-14)11-18-16(20)15-3-2-10-21-15/h4-9,15H,2-3,10-11H2,1H3,(H,18,20)/t15-/m1/s1. The number of benzene rings is 1. The van der Waals surface area contributed by atoms with Crippen molar-refractivity contribution in [3.8, 4) is 5.69 Å². The number of carbonyl (C=O) groups excluding carboxylic acids is 1. The summed E-state index contributed by atoms with van der Waals surface area (Å²) >= 11 is 0. The summed E-state index contributed by atoms with van der Waals surface area (Å²) < 4.78 is 7.38. The average molecular weight is 285 g/mol. The predicted octanol–water partition coefficient (Wildman–Crippen LogP) is 1.98. The Kier molecular flexibility index (Phi) is 4.01. The molecule has 1 aliphatic rings. The predicted molar refractivity (Wildman–Crippen MR) is 79.1 cm³/mol. The van der Waals surface area contributed by atoms with Gasteiger partial charge in [-0.1, -0.05) is 12.1 Å². The monoisotopic (exact) mass is 285 g/mol. The molecule has 1 N–H and O–H groups in total. The number of amides is 1. The molecule has 1 aromatic heterocycles. The first-order valence-corrected chi connectivity index (χ1v) is 7.22. The number of aryl methyl sites for hydroxylation is 1. The van der Waals surface area contributed by atoms with E-state index in [2.05, 4.69) is 10.3 Å². The van der Waals surface area contributed by atoms with Crippen molar-refractivity contribution in [1.82, 2.24) is 14.9 Å². The number of carbonyl (C=O) groups is 1. The summed E-state index contributed by atoms with van der Waals surface area (Å²) in [6.45, 7) is 3.19. The van der Waals surface area contributed by atoms with Crippen LogP contribution < -0.4 is 5.32 Å². The second-order valence-electron chi connectivity index (χ2n) is 5.23. The molecule has 0 aliphatic carbocycles. The van der Waals surface area contributed by atoms with Gasteiger partial charge in [-0.15, -0.1) is 0 Å². The summed E-state index contributed by atoms with van der Waals surface area (Å²) in [5.41, 5.74) is 2.14. The molecule has 1 amide bonds. The van der Waals surface area contributed by atoms with Crippen LogP contribution in [0.25, 0.3) is 5.69 Å². The number of imidazole rings is 1. The molecule has 1 fully saturated rings. The third-order valence-electron chi connectivity index (χ3n) is 3.73. The molecule has 21 heavy (non-hydrogen) atoms. The van der Waals surface area contributed by atoms with E-state index in [4.69, 9.17) is 4.74 Å². The molecule has 0 unspecified atom stereocenters. The maximum atomic E-state index is 11.9. The van der Waals surface area contributed by atoms with Gasteiger partial charge >= 0.3 is 0 Å². The number of rotatable bonds is 4. The molecule has 1 atom stereocenters. The highest BCUT2D eigenvalue weighted by Gasteiger charge is 2.22. The van der Waals surface area contributed by atoms with Crippen LogP contribution in [-0.2, 0) is 16.1 Å². The minimum absolute atomic E-state index is 0.0120. The molecule has 2 heterocycles. The fraction of sp³-hybridized carbons (Fsp3) is 0.375. The summed E-state index contributed by atoms with van der Waals surface area (Å²) in [6.07, 6.45) is 5.24. The second-order valence-corrected chi connectivity index (χ2v) is 5.23. The first kappa shape index (κ1) is 13.8. The zero-order valence-electron chi connectivity index (χ0n) is 12.1. The van der Waals surface area contributed by atoms with Crippen LogP contribution in [0.4, 0.5) is 0 Å². The number of nitrogens with zero attached hydrogens (tertiary/aromatic N) is 2. The van der Waals surface area contributed by atoms with Crippen molar-refractivity contribution in [1.29, 1.82) is 0 Å². The van der Waals surface area contributed by atoms with Gasteiger partial charge in [-0.3, -0.25) is 4.79 Å². The molecule has 0 saturated carbocycles. The van der Waals surface area contributed by atoms with Crippen molar-refractivity contribution < 1.29 is 9.53 Å². The van der Waals surface area contributed by atoms with E-state index in [1.807, 2.05) is 42.0 Å². The van der Waals surface area contributed by atoms with E-state index in [9.17, 15) is 4.79 Å². The van der Waals surface area contributed by atoms with Crippen molar-refractivity contribution in [2.75, 3.05) is 6.61 Å². The van der Waals surface area contributed by atoms with Gasteiger partial charge in [0.25, 0.3) is 0 Å². The number of ether oxygens (including phenoxy) is 1. The van der Waals surface area contributed by atoms with Crippen LogP contribution in [0.5, 0.6) is 0 Å². The Morgan fingerprint density at radius 2 is 2.24 bits per heavy atom. The molecule has 3 rings (SSSR count). The maximum absolute atomic E-state index is 11.9. The van der Waals surface area contributed by atoms with Gasteiger partial charge in [0, 0.05) is 31.2 Å². The zero-order chi connectivity index (χ0) is 14.7. The van der Waals surface area contributed by atoms with Crippen molar-refractivity contribution in [2.45, 2.75) is 32.4 Å². The van der Waals surface area contributed by atoms with Crippen LogP contribution in [0.1, 0.15) is 24.2 Å². The summed E-state index contributed by atoms with van der Waals surface area (Å²) in [4.78, 5) is 16.1. The number of nitrogens with one attached hydrogen (secondary N) is 1. The molecule has 5 nitrogen and oxygen atoms in total. The van der Waals surface area contributed by atoms with E-state index in [1.165, 1.54) is 0 Å². The molecular weight excluding hydrogens is 266 g/mol. The van der Waals surface area contributed by atoms with Crippen molar-refractivity contribution >= 4 is 5.91 Å². The van der Waals surface area contributed by atoms with Gasteiger partial charge in [-0.25, -0.2) is 4.98 Å². The molecule has 0 bridgehead atoms. The van der Waals surface area contributed by atoms with Gasteiger partial charge in [-0.05, 0) is 37.5 Å². The maximum Gasteiger partial charge on any atom is 0.249 e. The molecule has 5 heteroatoms. The molecule has 1 aromatic carbocycles. The average Bonchev–Trinajstić information content (AvgIpc) is 3.17. The highest BCUT2D eigenvalue weighted by molar-refractivity contribution is 5.80. The molecule has 1 aliphatic heterocycles. The number of hydrogen-bond acceptors (Lipinski definition) is 3. The minimum atomic E-state index is -0.266. The minimum Gasteiger partial charge on any atom is -0.368 e. The Morgan fingerprint density at radius 3 is 2.86 bits per heavy atom. The normalized spacial score (nSPS) is 17.9. The van der Waals surface area contributed by atoms with Crippen LogP contribution in [0, 0.1) is 6.92 Å². The summed E-state index contributed by atoms with van der Waals surface area (Å²) in [5.74, 6) is 0.941. The van der Waals surface area contributed by atoms with Crippen molar-refractivity contribution in [3.63, 3.8) is 0 Å². The lowest BCUT2D eigenvalue weighted by molar-refractivity contribution is -0.130. The molecular formula is C16H19N3O2. The van der Waals surface area contributed by atoms with Gasteiger partial charge in [-0.2, -0.15) is 0 Å².